The van der Waals surface area contributed by atoms with Gasteiger partial charge in [-0.2, -0.15) is 5.26 Å². The first kappa shape index (κ1) is 18.0. The summed E-state index contributed by atoms with van der Waals surface area (Å²) in [5.74, 6) is 0.636. The van der Waals surface area contributed by atoms with Crippen LogP contribution in [0.1, 0.15) is 55.5 Å². The zero-order chi connectivity index (χ0) is 18.0. The Hall–Kier alpha value is -1.84. The van der Waals surface area contributed by atoms with Crippen LogP contribution >= 0.6 is 0 Å². The lowest BCUT2D eigenvalue weighted by molar-refractivity contribution is -0.119. The van der Waals surface area contributed by atoms with E-state index in [4.69, 9.17) is 4.74 Å². The molecule has 3 rings (SSSR count). The first-order chi connectivity index (χ1) is 12.0. The minimum atomic E-state index is -0.0537. The van der Waals surface area contributed by atoms with Gasteiger partial charge in [0, 0.05) is 24.3 Å². The normalized spacial score (nSPS) is 22.1. The van der Waals surface area contributed by atoms with Crippen LogP contribution in [0.2, 0.25) is 0 Å². The highest BCUT2D eigenvalue weighted by molar-refractivity contribution is 5.93. The van der Waals surface area contributed by atoms with Gasteiger partial charge in [0.1, 0.15) is 11.9 Å². The van der Waals surface area contributed by atoms with Gasteiger partial charge < -0.3 is 14.6 Å². The Morgan fingerprint density at radius 2 is 2.08 bits per heavy atom. The van der Waals surface area contributed by atoms with E-state index in [0.717, 1.165) is 30.6 Å². The Balaban J connectivity index is 1.82. The summed E-state index contributed by atoms with van der Waals surface area (Å²) in [6.07, 6.45) is 4.65. The molecule has 0 spiro atoms. The second-order valence-corrected chi connectivity index (χ2v) is 7.30. The number of nitrogens with zero attached hydrogens (tertiary/aromatic N) is 3. The maximum atomic E-state index is 12.7. The minimum Gasteiger partial charge on any atom is -0.379 e. The van der Waals surface area contributed by atoms with Crippen LogP contribution in [-0.2, 0) is 9.53 Å². The molecule has 25 heavy (non-hydrogen) atoms. The van der Waals surface area contributed by atoms with Crippen molar-refractivity contribution in [2.75, 3.05) is 31.6 Å². The number of carbonyl (C=O) groups excluding carboxylic acids is 1. The molecule has 1 N–H and O–H groups in total. The fourth-order valence-corrected chi connectivity index (χ4v) is 4.06. The summed E-state index contributed by atoms with van der Waals surface area (Å²) in [7, 11) is 0. The zero-order valence-electron chi connectivity index (χ0n) is 15.5. The lowest BCUT2D eigenvalue weighted by Crippen LogP contribution is -2.47. The number of rotatable bonds is 4. The van der Waals surface area contributed by atoms with Crippen molar-refractivity contribution in [2.24, 2.45) is 0 Å². The molecule has 1 aromatic rings. The van der Waals surface area contributed by atoms with Gasteiger partial charge in [0.25, 0.3) is 0 Å². The average Bonchev–Trinajstić information content (AvgIpc) is 3.18. The molecule has 1 aromatic heterocycles. The minimum absolute atomic E-state index is 0.0537. The first-order valence-corrected chi connectivity index (χ1v) is 9.26. The zero-order valence-corrected chi connectivity index (χ0v) is 15.5. The van der Waals surface area contributed by atoms with Gasteiger partial charge in [-0.15, -0.1) is 0 Å². The molecule has 1 atom stereocenters. The Morgan fingerprint density at radius 3 is 2.72 bits per heavy atom. The Bertz CT molecular complexity index is 683. The number of carbonyl (C=O) groups is 1. The molecule has 0 unspecified atom stereocenters. The molecule has 1 aliphatic carbocycles. The summed E-state index contributed by atoms with van der Waals surface area (Å²) in [4.78, 5) is 14.8. The van der Waals surface area contributed by atoms with Crippen molar-refractivity contribution in [1.82, 2.24) is 9.47 Å². The largest absolute Gasteiger partial charge is 0.379 e. The molecule has 2 aliphatic rings. The number of morpholine rings is 1. The summed E-state index contributed by atoms with van der Waals surface area (Å²) in [5.41, 5.74) is 2.68. The Labute approximate surface area is 149 Å². The monoisotopic (exact) mass is 344 g/mol. The predicted octanol–water partition coefficient (Wildman–Crippen LogP) is 2.75. The van der Waals surface area contributed by atoms with Crippen molar-refractivity contribution in [3.05, 3.63) is 16.8 Å². The van der Waals surface area contributed by atoms with E-state index in [0.29, 0.717) is 37.2 Å². The van der Waals surface area contributed by atoms with Gasteiger partial charge in [-0.1, -0.05) is 12.8 Å². The summed E-state index contributed by atoms with van der Waals surface area (Å²) in [6.45, 7) is 8.52. The summed E-state index contributed by atoms with van der Waals surface area (Å²) in [6, 6.07) is 2.92. The SMILES string of the molecule is Cc1c(C#N)c(NC(=O)CN2CCOC[C@H]2C)n(C2CCCC2)c1C. The maximum Gasteiger partial charge on any atom is 0.239 e. The molecule has 0 bridgehead atoms. The van der Waals surface area contributed by atoms with Gasteiger partial charge in [-0.25, -0.2) is 0 Å². The van der Waals surface area contributed by atoms with Crippen molar-refractivity contribution < 1.29 is 9.53 Å². The number of hydrogen-bond acceptors (Lipinski definition) is 4. The van der Waals surface area contributed by atoms with Gasteiger partial charge in [0.05, 0.1) is 25.3 Å². The third-order valence-electron chi connectivity index (χ3n) is 5.67. The van der Waals surface area contributed by atoms with Crippen molar-refractivity contribution in [1.29, 1.82) is 5.26 Å². The Kier molecular flexibility index (Phi) is 5.45. The number of aromatic nitrogens is 1. The predicted molar refractivity (Wildman–Crippen MR) is 96.6 cm³/mol. The van der Waals surface area contributed by atoms with E-state index in [1.54, 1.807) is 0 Å². The van der Waals surface area contributed by atoms with Gasteiger partial charge in [0.2, 0.25) is 5.91 Å². The van der Waals surface area contributed by atoms with Crippen LogP contribution in [-0.4, -0.2) is 47.7 Å². The van der Waals surface area contributed by atoms with E-state index >= 15 is 0 Å². The van der Waals surface area contributed by atoms with Crippen molar-refractivity contribution in [2.45, 2.75) is 58.5 Å². The number of nitriles is 1. The molecule has 0 radical (unpaired) electrons. The van der Waals surface area contributed by atoms with Gasteiger partial charge >= 0.3 is 0 Å². The molecule has 1 saturated carbocycles. The van der Waals surface area contributed by atoms with E-state index in [-0.39, 0.29) is 11.9 Å². The van der Waals surface area contributed by atoms with Gasteiger partial charge in [0.15, 0.2) is 0 Å². The fraction of sp³-hybridized carbons (Fsp3) is 0.684. The molecule has 1 saturated heterocycles. The van der Waals surface area contributed by atoms with Gasteiger partial charge in [-0.05, 0) is 39.2 Å². The molecular weight excluding hydrogens is 316 g/mol. The van der Waals surface area contributed by atoms with Crippen LogP contribution in [0.25, 0.3) is 0 Å². The van der Waals surface area contributed by atoms with Gasteiger partial charge in [-0.3, -0.25) is 9.69 Å². The average molecular weight is 344 g/mol. The highest BCUT2D eigenvalue weighted by Gasteiger charge is 2.28. The first-order valence-electron chi connectivity index (χ1n) is 9.26. The number of hydrogen-bond donors (Lipinski definition) is 1. The number of ether oxygens (including phenoxy) is 1. The van der Waals surface area contributed by atoms with E-state index in [2.05, 4.69) is 27.8 Å². The molecule has 6 nitrogen and oxygen atoms in total. The molecule has 1 aliphatic heterocycles. The second kappa shape index (κ2) is 7.59. The van der Waals surface area contributed by atoms with Crippen LogP contribution in [0.5, 0.6) is 0 Å². The molecule has 6 heteroatoms. The smallest absolute Gasteiger partial charge is 0.239 e. The van der Waals surface area contributed by atoms with Crippen molar-refractivity contribution in [3.8, 4) is 6.07 Å². The summed E-state index contributed by atoms with van der Waals surface area (Å²) < 4.78 is 7.63. The maximum absolute atomic E-state index is 12.7. The van der Waals surface area contributed by atoms with Crippen LogP contribution in [0.4, 0.5) is 5.82 Å². The third kappa shape index (κ3) is 3.58. The number of amides is 1. The highest BCUT2D eigenvalue weighted by atomic mass is 16.5. The Morgan fingerprint density at radius 1 is 1.36 bits per heavy atom. The lowest BCUT2D eigenvalue weighted by atomic mass is 10.2. The molecule has 2 heterocycles. The summed E-state index contributed by atoms with van der Waals surface area (Å²) in [5, 5.41) is 12.7. The standard InChI is InChI=1S/C19H28N4O2/c1-13-12-25-9-8-22(13)11-18(24)21-19-17(10-20)14(2)15(3)23(19)16-6-4-5-7-16/h13,16H,4-9,11-12H2,1-3H3,(H,21,24)/t13-/m1/s1. The van der Waals surface area contributed by atoms with E-state index in [1.807, 2.05) is 13.8 Å². The van der Waals surface area contributed by atoms with Crippen LogP contribution in [0.3, 0.4) is 0 Å². The van der Waals surface area contributed by atoms with Crippen molar-refractivity contribution >= 4 is 11.7 Å². The van der Waals surface area contributed by atoms with Crippen molar-refractivity contribution in [3.63, 3.8) is 0 Å². The summed E-state index contributed by atoms with van der Waals surface area (Å²) >= 11 is 0. The van der Waals surface area contributed by atoms with Crippen LogP contribution in [0.15, 0.2) is 0 Å². The van der Waals surface area contributed by atoms with Crippen LogP contribution in [0, 0.1) is 25.2 Å². The quantitative estimate of drug-likeness (QED) is 0.912. The number of nitrogens with one attached hydrogen (secondary N) is 1. The van der Waals surface area contributed by atoms with Crippen LogP contribution < -0.4 is 5.32 Å². The molecule has 0 aromatic carbocycles. The van der Waals surface area contributed by atoms with E-state index in [9.17, 15) is 10.1 Å². The topological polar surface area (TPSA) is 70.3 Å². The van der Waals surface area contributed by atoms with E-state index < -0.39 is 0 Å². The molecular formula is C19H28N4O2. The molecule has 2 fully saturated rings. The third-order valence-corrected chi connectivity index (χ3v) is 5.67. The fourth-order valence-electron chi connectivity index (χ4n) is 4.06. The molecule has 136 valence electrons. The van der Waals surface area contributed by atoms with E-state index in [1.165, 1.54) is 12.8 Å². The lowest BCUT2D eigenvalue weighted by Gasteiger charge is -2.32. The highest BCUT2D eigenvalue weighted by Crippen LogP contribution is 2.37. The number of anilines is 1. The second-order valence-electron chi connectivity index (χ2n) is 7.30. The molecule has 1 amide bonds.